The topological polar surface area (TPSA) is 55.1 Å². The van der Waals surface area contributed by atoms with Gasteiger partial charge >= 0.3 is 0 Å². The number of halogens is 1. The summed E-state index contributed by atoms with van der Waals surface area (Å²) >= 11 is 5.17. The van der Waals surface area contributed by atoms with Crippen LogP contribution in [-0.4, -0.2) is 19.6 Å². The molecule has 0 atom stereocenters. The highest BCUT2D eigenvalue weighted by Crippen LogP contribution is 2.18. The van der Waals surface area contributed by atoms with E-state index in [1.165, 1.54) is 4.88 Å². The lowest BCUT2D eigenvalue weighted by atomic mass is 10.4. The van der Waals surface area contributed by atoms with Crippen LogP contribution in [0, 0.1) is 0 Å². The van der Waals surface area contributed by atoms with Gasteiger partial charge in [0.25, 0.3) is 0 Å². The number of nitrogens with one attached hydrogen (secondary N) is 1. The normalized spacial score (nSPS) is 11.1. The van der Waals surface area contributed by atoms with Gasteiger partial charge in [0.15, 0.2) is 5.65 Å². The highest BCUT2D eigenvalue weighted by Gasteiger charge is 2.07. The summed E-state index contributed by atoms with van der Waals surface area (Å²) in [7, 11) is 0. The maximum Gasteiger partial charge on any atom is 0.243 e. The van der Waals surface area contributed by atoms with Crippen molar-refractivity contribution < 1.29 is 0 Å². The van der Waals surface area contributed by atoms with Crippen molar-refractivity contribution in [2.75, 3.05) is 5.32 Å². The number of thiazole rings is 1. The van der Waals surface area contributed by atoms with E-state index in [0.717, 1.165) is 21.5 Å². The zero-order valence-electron chi connectivity index (χ0n) is 10.3. The van der Waals surface area contributed by atoms with Crippen LogP contribution in [0.25, 0.3) is 5.65 Å². The zero-order valence-corrected chi connectivity index (χ0v) is 12.7. The van der Waals surface area contributed by atoms with Crippen LogP contribution in [0.4, 0.5) is 5.95 Å². The van der Waals surface area contributed by atoms with Crippen molar-refractivity contribution >= 4 is 38.9 Å². The number of hydrogen-bond acceptors (Lipinski definition) is 5. The van der Waals surface area contributed by atoms with E-state index in [4.69, 9.17) is 0 Å². The lowest BCUT2D eigenvalue weighted by Gasteiger charge is -1.96. The number of fused-ring (bicyclic) bond motifs is 1. The second-order valence-electron chi connectivity index (χ2n) is 3.99. The maximum absolute atomic E-state index is 4.42. The van der Waals surface area contributed by atoms with Crippen molar-refractivity contribution in [3.63, 3.8) is 0 Å². The van der Waals surface area contributed by atoms with Crippen LogP contribution < -0.4 is 5.32 Å². The Kier molecular flexibility index (Phi) is 3.48. The number of pyridine rings is 1. The van der Waals surface area contributed by atoms with E-state index < -0.39 is 0 Å². The first-order chi connectivity index (χ1) is 9.26. The molecule has 0 bridgehead atoms. The molecule has 0 aliphatic rings. The van der Waals surface area contributed by atoms with Gasteiger partial charge in [-0.15, -0.1) is 16.4 Å². The molecule has 0 unspecified atom stereocenters. The van der Waals surface area contributed by atoms with Crippen LogP contribution in [0.2, 0.25) is 0 Å². The van der Waals surface area contributed by atoms with E-state index in [1.54, 1.807) is 15.9 Å². The summed E-state index contributed by atoms with van der Waals surface area (Å²) < 4.78 is 2.67. The highest BCUT2D eigenvalue weighted by molar-refractivity contribution is 9.10. The average Bonchev–Trinajstić information content (AvgIpc) is 3.03. The molecule has 5 nitrogen and oxygen atoms in total. The SMILES string of the molecule is CCc1cnc(CNc2nc3c(Br)cccn3n2)s1. The molecule has 3 heterocycles. The minimum atomic E-state index is 0.611. The summed E-state index contributed by atoms with van der Waals surface area (Å²) in [5.74, 6) is 0.611. The van der Waals surface area contributed by atoms with Crippen LogP contribution in [0.1, 0.15) is 16.8 Å². The molecule has 0 amide bonds. The lowest BCUT2D eigenvalue weighted by Crippen LogP contribution is -2.00. The van der Waals surface area contributed by atoms with E-state index in [-0.39, 0.29) is 0 Å². The van der Waals surface area contributed by atoms with Crippen molar-refractivity contribution in [2.45, 2.75) is 19.9 Å². The highest BCUT2D eigenvalue weighted by atomic mass is 79.9. The van der Waals surface area contributed by atoms with Gasteiger partial charge in [-0.25, -0.2) is 9.50 Å². The van der Waals surface area contributed by atoms with Crippen LogP contribution in [-0.2, 0) is 13.0 Å². The predicted octanol–water partition coefficient (Wildman–Crippen LogP) is 3.12. The summed E-state index contributed by atoms with van der Waals surface area (Å²) in [6.45, 7) is 2.78. The Bertz CT molecular complexity index is 705. The quantitative estimate of drug-likeness (QED) is 0.794. The van der Waals surface area contributed by atoms with Crippen LogP contribution >= 0.6 is 27.3 Å². The van der Waals surface area contributed by atoms with Crippen LogP contribution in [0.3, 0.4) is 0 Å². The van der Waals surface area contributed by atoms with Gasteiger partial charge in [-0.05, 0) is 34.5 Å². The Morgan fingerprint density at radius 1 is 1.47 bits per heavy atom. The molecule has 3 aromatic rings. The minimum absolute atomic E-state index is 0.611. The number of rotatable bonds is 4. The Balaban J connectivity index is 1.76. The van der Waals surface area contributed by atoms with Gasteiger partial charge in [0.05, 0.1) is 11.0 Å². The smallest absolute Gasteiger partial charge is 0.243 e. The molecule has 0 fully saturated rings. The maximum atomic E-state index is 4.42. The molecule has 0 aromatic carbocycles. The minimum Gasteiger partial charge on any atom is -0.346 e. The Hall–Kier alpha value is -1.47. The second kappa shape index (κ2) is 5.26. The molecule has 0 aliphatic carbocycles. The average molecular weight is 338 g/mol. The molecule has 3 aromatic heterocycles. The van der Waals surface area contributed by atoms with Crippen molar-refractivity contribution in [2.24, 2.45) is 0 Å². The van der Waals surface area contributed by atoms with E-state index >= 15 is 0 Å². The fourth-order valence-electron chi connectivity index (χ4n) is 1.70. The first kappa shape index (κ1) is 12.6. The fourth-order valence-corrected chi connectivity index (χ4v) is 2.92. The molecular formula is C12H12BrN5S. The van der Waals surface area contributed by atoms with Crippen LogP contribution in [0.15, 0.2) is 29.0 Å². The van der Waals surface area contributed by atoms with Gasteiger partial charge in [0, 0.05) is 17.3 Å². The van der Waals surface area contributed by atoms with Crippen molar-refractivity contribution in [1.29, 1.82) is 0 Å². The lowest BCUT2D eigenvalue weighted by molar-refractivity contribution is 0.946. The second-order valence-corrected chi connectivity index (χ2v) is 6.04. The molecule has 0 saturated carbocycles. The Morgan fingerprint density at radius 2 is 2.37 bits per heavy atom. The van der Waals surface area contributed by atoms with Gasteiger partial charge < -0.3 is 5.32 Å². The van der Waals surface area contributed by atoms with E-state index in [9.17, 15) is 0 Å². The first-order valence-electron chi connectivity index (χ1n) is 5.94. The predicted molar refractivity (Wildman–Crippen MR) is 79.5 cm³/mol. The summed E-state index contributed by atoms with van der Waals surface area (Å²) in [6.07, 6.45) is 4.82. The Morgan fingerprint density at radius 3 is 3.11 bits per heavy atom. The van der Waals surface area contributed by atoms with E-state index in [1.807, 2.05) is 24.5 Å². The molecule has 0 spiro atoms. The molecule has 0 radical (unpaired) electrons. The molecule has 98 valence electrons. The summed E-state index contributed by atoms with van der Waals surface area (Å²) in [4.78, 5) is 10.1. The largest absolute Gasteiger partial charge is 0.346 e. The molecule has 1 N–H and O–H groups in total. The molecule has 0 saturated heterocycles. The summed E-state index contributed by atoms with van der Waals surface area (Å²) in [5, 5.41) is 8.61. The van der Waals surface area contributed by atoms with Crippen LogP contribution in [0.5, 0.6) is 0 Å². The van der Waals surface area contributed by atoms with Crippen molar-refractivity contribution in [3.05, 3.63) is 38.9 Å². The van der Waals surface area contributed by atoms with E-state index in [2.05, 4.69) is 43.2 Å². The number of hydrogen-bond donors (Lipinski definition) is 1. The standard InChI is InChI=1S/C12H12BrN5S/c1-2-8-6-14-10(19-8)7-15-12-16-11-9(13)4-3-5-18(11)17-12/h3-6H,2,7H2,1H3,(H,15,17). The monoisotopic (exact) mass is 337 g/mol. The number of nitrogens with zero attached hydrogens (tertiary/aromatic N) is 4. The van der Waals surface area contributed by atoms with Gasteiger partial charge in [0.2, 0.25) is 5.95 Å². The molecule has 3 rings (SSSR count). The van der Waals surface area contributed by atoms with Crippen molar-refractivity contribution in [1.82, 2.24) is 19.6 Å². The summed E-state index contributed by atoms with van der Waals surface area (Å²) in [5.41, 5.74) is 0.804. The van der Waals surface area contributed by atoms with Gasteiger partial charge in [-0.2, -0.15) is 4.98 Å². The summed E-state index contributed by atoms with van der Waals surface area (Å²) in [6, 6.07) is 3.87. The van der Waals surface area contributed by atoms with Crippen molar-refractivity contribution in [3.8, 4) is 0 Å². The van der Waals surface area contributed by atoms with Gasteiger partial charge in [-0.1, -0.05) is 6.92 Å². The third-order valence-electron chi connectivity index (χ3n) is 2.66. The fraction of sp³-hybridized carbons (Fsp3) is 0.250. The van der Waals surface area contributed by atoms with Gasteiger partial charge in [0.1, 0.15) is 5.01 Å². The third-order valence-corrected chi connectivity index (χ3v) is 4.42. The zero-order chi connectivity index (χ0) is 13.2. The Labute approximate surface area is 122 Å². The number of aromatic nitrogens is 4. The number of anilines is 1. The first-order valence-corrected chi connectivity index (χ1v) is 7.55. The molecule has 0 aliphatic heterocycles. The molecule has 7 heteroatoms. The van der Waals surface area contributed by atoms with Gasteiger partial charge in [-0.3, -0.25) is 0 Å². The third kappa shape index (κ3) is 2.62. The molecular weight excluding hydrogens is 326 g/mol. The molecule has 19 heavy (non-hydrogen) atoms. The van der Waals surface area contributed by atoms with E-state index in [0.29, 0.717) is 12.5 Å². The number of aryl methyl sites for hydroxylation is 1.